The summed E-state index contributed by atoms with van der Waals surface area (Å²) in [7, 11) is 1.56. The first-order chi connectivity index (χ1) is 11.2. The smallest absolute Gasteiger partial charge is 0.257 e. The van der Waals surface area contributed by atoms with E-state index in [2.05, 4.69) is 0 Å². The summed E-state index contributed by atoms with van der Waals surface area (Å²) in [5.74, 6) is 0.307. The van der Waals surface area contributed by atoms with Crippen molar-refractivity contribution in [3.63, 3.8) is 0 Å². The van der Waals surface area contributed by atoms with Gasteiger partial charge in [-0.05, 0) is 24.3 Å². The van der Waals surface area contributed by atoms with Crippen molar-refractivity contribution in [3.05, 3.63) is 59.9 Å². The van der Waals surface area contributed by atoms with Crippen molar-refractivity contribution >= 4 is 11.6 Å². The summed E-state index contributed by atoms with van der Waals surface area (Å²) in [6.45, 7) is 2.35. The average molecular weight is 314 g/mol. The fourth-order valence-corrected chi connectivity index (χ4v) is 2.85. The van der Waals surface area contributed by atoms with Crippen molar-refractivity contribution in [1.29, 1.82) is 0 Å². The van der Waals surface area contributed by atoms with Crippen LogP contribution < -0.4 is 9.64 Å². The minimum Gasteiger partial charge on any atom is -0.496 e. The number of piperazine rings is 1. The van der Waals surface area contributed by atoms with Crippen LogP contribution in [0.5, 0.6) is 5.75 Å². The van der Waals surface area contributed by atoms with E-state index in [4.69, 9.17) is 4.74 Å². The van der Waals surface area contributed by atoms with Gasteiger partial charge < -0.3 is 14.5 Å². The Morgan fingerprint density at radius 1 is 1.00 bits per heavy atom. The third kappa shape index (κ3) is 3.13. The molecule has 120 valence electrons. The summed E-state index contributed by atoms with van der Waals surface area (Å²) < 4.78 is 19.1. The van der Waals surface area contributed by atoms with Crippen LogP contribution in [0.25, 0.3) is 0 Å². The van der Waals surface area contributed by atoms with Gasteiger partial charge in [0.1, 0.15) is 11.6 Å². The molecule has 2 aromatic carbocycles. The molecular formula is C18H19FN2O2. The molecule has 0 aromatic heterocycles. The standard InChI is InChI=1S/C18H19FN2O2/c1-23-17-9-5-2-6-14(17)18(22)21-12-10-20(11-13-21)16-8-4-3-7-15(16)19/h2-9H,10-13H2,1H3. The SMILES string of the molecule is COc1ccccc1C(=O)N1CCN(c2ccccc2F)CC1. The second-order valence-corrected chi connectivity index (χ2v) is 5.43. The molecule has 0 spiro atoms. The molecule has 1 aliphatic rings. The third-order valence-corrected chi connectivity index (χ3v) is 4.10. The van der Waals surface area contributed by atoms with Crippen molar-refractivity contribution < 1.29 is 13.9 Å². The number of anilines is 1. The predicted molar refractivity (Wildman–Crippen MR) is 87.5 cm³/mol. The number of amides is 1. The summed E-state index contributed by atoms with van der Waals surface area (Å²) in [5, 5.41) is 0. The predicted octanol–water partition coefficient (Wildman–Crippen LogP) is 2.80. The van der Waals surface area contributed by atoms with E-state index < -0.39 is 0 Å². The number of methoxy groups -OCH3 is 1. The first-order valence-corrected chi connectivity index (χ1v) is 7.62. The number of rotatable bonds is 3. The van der Waals surface area contributed by atoms with Crippen molar-refractivity contribution in [3.8, 4) is 5.75 Å². The molecule has 4 nitrogen and oxygen atoms in total. The Hall–Kier alpha value is -2.56. The maximum atomic E-state index is 13.9. The van der Waals surface area contributed by atoms with Gasteiger partial charge in [-0.25, -0.2) is 4.39 Å². The van der Waals surface area contributed by atoms with Gasteiger partial charge in [0, 0.05) is 26.2 Å². The number of carbonyl (C=O) groups excluding carboxylic acids is 1. The molecule has 0 atom stereocenters. The van der Waals surface area contributed by atoms with Crippen LogP contribution >= 0.6 is 0 Å². The van der Waals surface area contributed by atoms with Gasteiger partial charge in [0.05, 0.1) is 18.4 Å². The van der Waals surface area contributed by atoms with Crippen LogP contribution in [0.2, 0.25) is 0 Å². The first kappa shape index (κ1) is 15.3. The maximum absolute atomic E-state index is 13.9. The number of ether oxygens (including phenoxy) is 1. The summed E-state index contributed by atoms with van der Waals surface area (Å²) in [4.78, 5) is 16.4. The first-order valence-electron chi connectivity index (χ1n) is 7.62. The van der Waals surface area contributed by atoms with Crippen LogP contribution in [0, 0.1) is 5.82 Å². The molecule has 3 rings (SSSR count). The van der Waals surface area contributed by atoms with Gasteiger partial charge in [0.25, 0.3) is 5.91 Å². The monoisotopic (exact) mass is 314 g/mol. The van der Waals surface area contributed by atoms with Gasteiger partial charge in [-0.1, -0.05) is 24.3 Å². The zero-order chi connectivity index (χ0) is 16.2. The third-order valence-electron chi connectivity index (χ3n) is 4.10. The average Bonchev–Trinajstić information content (AvgIpc) is 2.61. The fraction of sp³-hybridized carbons (Fsp3) is 0.278. The Balaban J connectivity index is 1.69. The van der Waals surface area contributed by atoms with Crippen LogP contribution in [0.1, 0.15) is 10.4 Å². The quantitative estimate of drug-likeness (QED) is 0.873. The van der Waals surface area contributed by atoms with Crippen LogP contribution in [-0.4, -0.2) is 44.1 Å². The Kier molecular flexibility index (Phi) is 4.46. The zero-order valence-corrected chi connectivity index (χ0v) is 13.0. The highest BCUT2D eigenvalue weighted by Crippen LogP contribution is 2.23. The lowest BCUT2D eigenvalue weighted by atomic mass is 10.1. The van der Waals surface area contributed by atoms with E-state index in [1.807, 2.05) is 23.1 Å². The lowest BCUT2D eigenvalue weighted by Crippen LogP contribution is -2.49. The van der Waals surface area contributed by atoms with E-state index in [1.165, 1.54) is 6.07 Å². The summed E-state index contributed by atoms with van der Waals surface area (Å²) in [6, 6.07) is 13.9. The number of carbonyl (C=O) groups is 1. The van der Waals surface area contributed by atoms with E-state index in [0.29, 0.717) is 43.2 Å². The molecule has 1 saturated heterocycles. The molecule has 0 saturated carbocycles. The van der Waals surface area contributed by atoms with Crippen molar-refractivity contribution in [2.45, 2.75) is 0 Å². The van der Waals surface area contributed by atoms with Crippen LogP contribution in [0.15, 0.2) is 48.5 Å². The van der Waals surface area contributed by atoms with Gasteiger partial charge in [-0.3, -0.25) is 4.79 Å². The van der Waals surface area contributed by atoms with Crippen molar-refractivity contribution in [2.24, 2.45) is 0 Å². The molecule has 2 aromatic rings. The van der Waals surface area contributed by atoms with Crippen molar-refractivity contribution in [1.82, 2.24) is 4.90 Å². The number of halogens is 1. The van der Waals surface area contributed by atoms with Crippen LogP contribution in [0.4, 0.5) is 10.1 Å². The Bertz CT molecular complexity index is 697. The van der Waals surface area contributed by atoms with E-state index in [0.717, 1.165) is 0 Å². The van der Waals surface area contributed by atoms with Crippen molar-refractivity contribution in [2.75, 3.05) is 38.2 Å². The highest BCUT2D eigenvalue weighted by atomic mass is 19.1. The lowest BCUT2D eigenvalue weighted by molar-refractivity contribution is 0.0743. The molecule has 0 unspecified atom stereocenters. The molecule has 0 N–H and O–H groups in total. The number of nitrogens with zero attached hydrogens (tertiary/aromatic N) is 2. The second kappa shape index (κ2) is 6.69. The van der Waals surface area contributed by atoms with E-state index in [-0.39, 0.29) is 11.7 Å². The second-order valence-electron chi connectivity index (χ2n) is 5.43. The van der Waals surface area contributed by atoms with Gasteiger partial charge in [-0.15, -0.1) is 0 Å². The van der Waals surface area contributed by atoms with Gasteiger partial charge in [-0.2, -0.15) is 0 Å². The molecule has 1 fully saturated rings. The summed E-state index contributed by atoms with van der Waals surface area (Å²) in [6.07, 6.45) is 0. The molecule has 5 heteroatoms. The van der Waals surface area contributed by atoms with E-state index in [9.17, 15) is 9.18 Å². The number of para-hydroxylation sites is 2. The Morgan fingerprint density at radius 3 is 2.35 bits per heavy atom. The zero-order valence-electron chi connectivity index (χ0n) is 13.0. The summed E-state index contributed by atoms with van der Waals surface area (Å²) >= 11 is 0. The minimum absolute atomic E-state index is 0.0457. The molecule has 1 aliphatic heterocycles. The molecule has 0 radical (unpaired) electrons. The van der Waals surface area contributed by atoms with Crippen LogP contribution in [0.3, 0.4) is 0 Å². The number of benzene rings is 2. The molecule has 1 amide bonds. The normalized spacial score (nSPS) is 14.7. The number of hydrogen-bond acceptors (Lipinski definition) is 3. The number of hydrogen-bond donors (Lipinski definition) is 0. The molecule has 0 bridgehead atoms. The van der Waals surface area contributed by atoms with Crippen LogP contribution in [-0.2, 0) is 0 Å². The highest BCUT2D eigenvalue weighted by Gasteiger charge is 2.25. The Morgan fingerprint density at radius 2 is 1.65 bits per heavy atom. The largest absolute Gasteiger partial charge is 0.496 e. The summed E-state index contributed by atoms with van der Waals surface area (Å²) in [5.41, 5.74) is 1.16. The van der Waals surface area contributed by atoms with Gasteiger partial charge in [0.15, 0.2) is 0 Å². The van der Waals surface area contributed by atoms with Gasteiger partial charge in [0.2, 0.25) is 0 Å². The van der Waals surface area contributed by atoms with E-state index >= 15 is 0 Å². The highest BCUT2D eigenvalue weighted by molar-refractivity contribution is 5.97. The lowest BCUT2D eigenvalue weighted by Gasteiger charge is -2.36. The maximum Gasteiger partial charge on any atom is 0.257 e. The molecular weight excluding hydrogens is 295 g/mol. The minimum atomic E-state index is -0.225. The Labute approximate surface area is 135 Å². The molecule has 0 aliphatic carbocycles. The fourth-order valence-electron chi connectivity index (χ4n) is 2.85. The molecule has 1 heterocycles. The molecule has 23 heavy (non-hydrogen) atoms. The topological polar surface area (TPSA) is 32.8 Å². The van der Waals surface area contributed by atoms with E-state index in [1.54, 1.807) is 36.3 Å². The van der Waals surface area contributed by atoms with Gasteiger partial charge >= 0.3 is 0 Å².